The Balaban J connectivity index is 2.39. The highest BCUT2D eigenvalue weighted by atomic mass is 32.2. The van der Waals surface area contributed by atoms with E-state index in [1.807, 2.05) is 0 Å². The van der Waals surface area contributed by atoms with Crippen LogP contribution in [0.3, 0.4) is 0 Å². The fourth-order valence-electron chi connectivity index (χ4n) is 1.73. The number of amides is 1. The van der Waals surface area contributed by atoms with Crippen molar-refractivity contribution in [3.63, 3.8) is 0 Å². The molecule has 0 spiro atoms. The molecular weight excluding hydrogens is 278 g/mol. The molecule has 1 aromatic carbocycles. The van der Waals surface area contributed by atoms with Crippen molar-refractivity contribution >= 4 is 21.6 Å². The van der Waals surface area contributed by atoms with Crippen molar-refractivity contribution in [1.82, 2.24) is 10.2 Å². The van der Waals surface area contributed by atoms with Gasteiger partial charge in [-0.1, -0.05) is 19.1 Å². The summed E-state index contributed by atoms with van der Waals surface area (Å²) in [5.41, 5.74) is 0.900. The zero-order chi connectivity index (χ0) is 14.8. The summed E-state index contributed by atoms with van der Waals surface area (Å²) in [6, 6.07) is 6.15. The zero-order valence-electron chi connectivity index (χ0n) is 11.2. The van der Waals surface area contributed by atoms with Gasteiger partial charge in [0.25, 0.3) is 5.91 Å². The number of nitrogens with one attached hydrogen (secondary N) is 2. The average molecular weight is 293 g/mol. The number of sulfone groups is 1. The molecule has 0 saturated carbocycles. The normalized spacial score (nSPS) is 11.3. The predicted octanol–water partition coefficient (Wildman–Crippen LogP) is 1.76. The molecule has 0 saturated heterocycles. The van der Waals surface area contributed by atoms with Crippen LogP contribution in [0.4, 0.5) is 5.82 Å². The quantitative estimate of drug-likeness (QED) is 0.898. The van der Waals surface area contributed by atoms with Crippen LogP contribution in [0.15, 0.2) is 35.4 Å². The van der Waals surface area contributed by atoms with E-state index < -0.39 is 15.7 Å². The van der Waals surface area contributed by atoms with Crippen LogP contribution >= 0.6 is 0 Å². The van der Waals surface area contributed by atoms with Crippen molar-refractivity contribution in [2.24, 2.45) is 0 Å². The highest BCUT2D eigenvalue weighted by Crippen LogP contribution is 2.19. The lowest BCUT2D eigenvalue weighted by atomic mass is 10.2. The minimum Gasteiger partial charge on any atom is -0.307 e. The summed E-state index contributed by atoms with van der Waals surface area (Å²) in [6.07, 6.45) is 1.57. The minimum atomic E-state index is -3.45. The van der Waals surface area contributed by atoms with Gasteiger partial charge >= 0.3 is 0 Å². The molecule has 106 valence electrons. The summed E-state index contributed by atoms with van der Waals surface area (Å²) in [6.45, 7) is 3.33. The summed E-state index contributed by atoms with van der Waals surface area (Å²) in [5, 5.41) is 9.07. The van der Waals surface area contributed by atoms with Gasteiger partial charge < -0.3 is 5.32 Å². The van der Waals surface area contributed by atoms with Gasteiger partial charge in [-0.3, -0.25) is 9.89 Å². The first-order valence-electron chi connectivity index (χ1n) is 6.09. The Labute approximate surface area is 117 Å². The summed E-state index contributed by atoms with van der Waals surface area (Å²) >= 11 is 0. The summed E-state index contributed by atoms with van der Waals surface area (Å²) < 4.78 is 24.0. The molecule has 2 N–H and O–H groups in total. The number of aryl methyl sites for hydroxylation is 1. The van der Waals surface area contributed by atoms with Crippen LogP contribution in [0.25, 0.3) is 0 Å². The molecule has 0 unspecified atom stereocenters. The van der Waals surface area contributed by atoms with Crippen LogP contribution in [0, 0.1) is 6.92 Å². The van der Waals surface area contributed by atoms with E-state index in [0.29, 0.717) is 5.82 Å². The predicted molar refractivity (Wildman–Crippen MR) is 75.4 cm³/mol. The van der Waals surface area contributed by atoms with Gasteiger partial charge in [-0.25, -0.2) is 8.42 Å². The van der Waals surface area contributed by atoms with E-state index >= 15 is 0 Å². The monoisotopic (exact) mass is 293 g/mol. The van der Waals surface area contributed by atoms with Gasteiger partial charge in [0.05, 0.1) is 22.4 Å². The maximum absolute atomic E-state index is 12.2. The number of aromatic nitrogens is 2. The third-order valence-electron chi connectivity index (χ3n) is 2.91. The molecule has 0 fully saturated rings. The second kappa shape index (κ2) is 5.46. The Morgan fingerprint density at radius 3 is 2.65 bits per heavy atom. The first-order chi connectivity index (χ1) is 9.45. The number of rotatable bonds is 4. The van der Waals surface area contributed by atoms with Gasteiger partial charge in [0.1, 0.15) is 5.82 Å². The lowest BCUT2D eigenvalue weighted by molar-refractivity contribution is 0.102. The lowest BCUT2D eigenvalue weighted by Crippen LogP contribution is -2.17. The average Bonchev–Trinajstić information content (AvgIpc) is 2.84. The molecule has 1 aromatic heterocycles. The van der Waals surface area contributed by atoms with Crippen molar-refractivity contribution in [3.05, 3.63) is 41.6 Å². The van der Waals surface area contributed by atoms with Crippen LogP contribution in [0.2, 0.25) is 0 Å². The van der Waals surface area contributed by atoms with Crippen molar-refractivity contribution < 1.29 is 13.2 Å². The molecular formula is C13H15N3O3S. The Morgan fingerprint density at radius 2 is 2.05 bits per heavy atom. The van der Waals surface area contributed by atoms with E-state index in [0.717, 1.165) is 5.56 Å². The number of carbonyl (C=O) groups is 1. The van der Waals surface area contributed by atoms with Gasteiger partial charge in [-0.05, 0) is 19.1 Å². The van der Waals surface area contributed by atoms with E-state index in [2.05, 4.69) is 15.5 Å². The van der Waals surface area contributed by atoms with Gasteiger partial charge in [-0.2, -0.15) is 5.10 Å². The number of hydrogen-bond acceptors (Lipinski definition) is 4. The van der Waals surface area contributed by atoms with E-state index in [1.54, 1.807) is 32.2 Å². The maximum atomic E-state index is 12.2. The Morgan fingerprint density at radius 1 is 1.35 bits per heavy atom. The Bertz CT molecular complexity index is 735. The van der Waals surface area contributed by atoms with Gasteiger partial charge in [-0.15, -0.1) is 0 Å². The second-order valence-corrected chi connectivity index (χ2v) is 6.53. The molecule has 0 aliphatic heterocycles. The smallest absolute Gasteiger partial charge is 0.258 e. The SMILES string of the molecule is CCS(=O)(=O)c1ccccc1C(=O)Nc1[nH]ncc1C. The highest BCUT2D eigenvalue weighted by molar-refractivity contribution is 7.91. The summed E-state index contributed by atoms with van der Waals surface area (Å²) in [4.78, 5) is 12.3. The van der Waals surface area contributed by atoms with Crippen molar-refractivity contribution in [2.45, 2.75) is 18.7 Å². The first kappa shape index (κ1) is 14.3. The molecule has 0 radical (unpaired) electrons. The van der Waals surface area contributed by atoms with Crippen LogP contribution in [0.1, 0.15) is 22.8 Å². The zero-order valence-corrected chi connectivity index (χ0v) is 12.0. The third-order valence-corrected chi connectivity index (χ3v) is 4.70. The second-order valence-electron chi connectivity index (χ2n) is 4.28. The number of H-pyrrole nitrogens is 1. The molecule has 0 bridgehead atoms. The van der Waals surface area contributed by atoms with E-state index in [9.17, 15) is 13.2 Å². The van der Waals surface area contributed by atoms with E-state index in [1.165, 1.54) is 12.1 Å². The van der Waals surface area contributed by atoms with Crippen molar-refractivity contribution in [3.8, 4) is 0 Å². The van der Waals surface area contributed by atoms with E-state index in [-0.39, 0.29) is 16.2 Å². The van der Waals surface area contributed by atoms with Crippen LogP contribution in [-0.2, 0) is 9.84 Å². The molecule has 0 aliphatic rings. The van der Waals surface area contributed by atoms with Crippen LogP contribution < -0.4 is 5.32 Å². The first-order valence-corrected chi connectivity index (χ1v) is 7.74. The summed E-state index contributed by atoms with van der Waals surface area (Å²) in [7, 11) is -3.45. The Kier molecular flexibility index (Phi) is 3.89. The number of nitrogens with zero attached hydrogens (tertiary/aromatic N) is 1. The highest BCUT2D eigenvalue weighted by Gasteiger charge is 2.21. The number of hydrogen-bond donors (Lipinski definition) is 2. The Hall–Kier alpha value is -2.15. The maximum Gasteiger partial charge on any atom is 0.258 e. The summed E-state index contributed by atoms with van der Waals surface area (Å²) in [5.74, 6) is -0.0796. The van der Waals surface area contributed by atoms with E-state index in [4.69, 9.17) is 0 Å². The third kappa shape index (κ3) is 2.72. The molecule has 20 heavy (non-hydrogen) atoms. The molecule has 6 nitrogen and oxygen atoms in total. The number of benzene rings is 1. The molecule has 0 aliphatic carbocycles. The van der Waals surface area contributed by atoms with Gasteiger partial charge in [0, 0.05) is 5.56 Å². The van der Waals surface area contributed by atoms with Gasteiger partial charge in [0.2, 0.25) is 0 Å². The molecule has 1 amide bonds. The fourth-order valence-corrected chi connectivity index (χ4v) is 2.83. The molecule has 7 heteroatoms. The fraction of sp³-hybridized carbons (Fsp3) is 0.231. The topological polar surface area (TPSA) is 91.9 Å². The molecule has 1 heterocycles. The van der Waals surface area contributed by atoms with Crippen molar-refractivity contribution in [2.75, 3.05) is 11.1 Å². The number of aromatic amines is 1. The molecule has 2 aromatic rings. The van der Waals surface area contributed by atoms with Gasteiger partial charge in [0.15, 0.2) is 9.84 Å². The van der Waals surface area contributed by atoms with Crippen LogP contribution in [-0.4, -0.2) is 30.3 Å². The minimum absolute atomic E-state index is 0.0390. The van der Waals surface area contributed by atoms with Crippen LogP contribution in [0.5, 0.6) is 0 Å². The van der Waals surface area contributed by atoms with Crippen molar-refractivity contribution in [1.29, 1.82) is 0 Å². The number of carbonyl (C=O) groups excluding carboxylic acids is 1. The standard InChI is InChI=1S/C13H15N3O3S/c1-3-20(18,19)11-7-5-4-6-10(11)13(17)15-12-9(2)8-14-16-12/h4-8H,3H2,1-2H3,(H2,14,15,16,17). The molecule has 0 atom stereocenters. The lowest BCUT2D eigenvalue weighted by Gasteiger charge is -2.09. The molecule has 2 rings (SSSR count). The number of anilines is 1. The largest absolute Gasteiger partial charge is 0.307 e.